The summed E-state index contributed by atoms with van der Waals surface area (Å²) in [4.78, 5) is 34.3. The highest BCUT2D eigenvalue weighted by Gasteiger charge is 2.24. The third-order valence-electron chi connectivity index (χ3n) is 5.16. The Labute approximate surface area is 174 Å². The van der Waals surface area contributed by atoms with Crippen molar-refractivity contribution in [2.75, 3.05) is 19.8 Å². The molecule has 2 aromatic carbocycles. The average molecular weight is 407 g/mol. The Balaban J connectivity index is 1.51. The Morgan fingerprint density at radius 2 is 2.13 bits per heavy atom. The molecule has 1 aliphatic heterocycles. The number of nitrogens with one attached hydrogen (secondary N) is 1. The molecule has 1 saturated heterocycles. The van der Waals surface area contributed by atoms with Crippen molar-refractivity contribution < 1.29 is 14.3 Å². The van der Waals surface area contributed by atoms with Gasteiger partial charge in [-0.05, 0) is 49.6 Å². The fraction of sp³-hybridized carbons (Fsp3) is 0.348. The molecule has 0 spiro atoms. The summed E-state index contributed by atoms with van der Waals surface area (Å²) in [6.07, 6.45) is 1.88. The van der Waals surface area contributed by atoms with Gasteiger partial charge in [-0.25, -0.2) is 4.98 Å². The van der Waals surface area contributed by atoms with Crippen molar-refractivity contribution >= 4 is 16.8 Å². The van der Waals surface area contributed by atoms with Crippen LogP contribution in [-0.2, 0) is 16.1 Å². The normalized spacial score (nSPS) is 16.0. The first-order valence-electron chi connectivity index (χ1n) is 10.2. The van der Waals surface area contributed by atoms with E-state index < -0.39 is 0 Å². The Kier molecular flexibility index (Phi) is 6.09. The van der Waals surface area contributed by atoms with Gasteiger partial charge in [0.05, 0.1) is 23.6 Å². The van der Waals surface area contributed by atoms with Gasteiger partial charge in [-0.1, -0.05) is 24.3 Å². The zero-order valence-corrected chi connectivity index (χ0v) is 17.0. The van der Waals surface area contributed by atoms with E-state index in [-0.39, 0.29) is 30.7 Å². The molecule has 0 aliphatic carbocycles. The van der Waals surface area contributed by atoms with Gasteiger partial charge in [0.1, 0.15) is 11.6 Å². The molecule has 0 bridgehead atoms. The second kappa shape index (κ2) is 9.09. The van der Waals surface area contributed by atoms with Crippen molar-refractivity contribution in [3.63, 3.8) is 0 Å². The van der Waals surface area contributed by atoms with Crippen molar-refractivity contribution in [1.29, 1.82) is 0 Å². The zero-order chi connectivity index (χ0) is 20.9. The summed E-state index contributed by atoms with van der Waals surface area (Å²) in [5.74, 6) is 0.918. The maximum absolute atomic E-state index is 13.0. The molecule has 156 valence electrons. The van der Waals surface area contributed by atoms with Gasteiger partial charge in [0, 0.05) is 13.2 Å². The quantitative estimate of drug-likeness (QED) is 0.651. The van der Waals surface area contributed by atoms with E-state index in [1.54, 1.807) is 23.1 Å². The van der Waals surface area contributed by atoms with E-state index in [4.69, 9.17) is 9.47 Å². The van der Waals surface area contributed by atoms with Crippen LogP contribution in [0.25, 0.3) is 10.9 Å². The predicted molar refractivity (Wildman–Crippen MR) is 113 cm³/mol. The number of benzene rings is 2. The molecule has 0 radical (unpaired) electrons. The van der Waals surface area contributed by atoms with Crippen LogP contribution in [0.1, 0.15) is 24.2 Å². The maximum atomic E-state index is 13.0. The van der Waals surface area contributed by atoms with Gasteiger partial charge in [0.2, 0.25) is 0 Å². The molecule has 30 heavy (non-hydrogen) atoms. The van der Waals surface area contributed by atoms with Crippen molar-refractivity contribution in [3.05, 3.63) is 70.3 Å². The Bertz CT molecular complexity index is 1090. The summed E-state index contributed by atoms with van der Waals surface area (Å²) in [5, 5.41) is 0.529. The summed E-state index contributed by atoms with van der Waals surface area (Å²) < 4.78 is 11.4. The molecule has 1 aromatic heterocycles. The number of aromatic nitrogens is 2. The van der Waals surface area contributed by atoms with Gasteiger partial charge in [0.25, 0.3) is 11.5 Å². The van der Waals surface area contributed by atoms with E-state index in [0.29, 0.717) is 35.6 Å². The molecule has 1 fully saturated rings. The highest BCUT2D eigenvalue weighted by Crippen LogP contribution is 2.16. The van der Waals surface area contributed by atoms with E-state index in [9.17, 15) is 9.59 Å². The molecule has 0 saturated carbocycles. The molecule has 1 atom stereocenters. The van der Waals surface area contributed by atoms with Crippen LogP contribution in [0.3, 0.4) is 0 Å². The lowest BCUT2D eigenvalue weighted by atomic mass is 10.2. The van der Waals surface area contributed by atoms with E-state index in [1.807, 2.05) is 37.3 Å². The first-order valence-corrected chi connectivity index (χ1v) is 10.2. The minimum Gasteiger partial charge on any atom is -0.484 e. The van der Waals surface area contributed by atoms with Crippen LogP contribution < -0.4 is 10.3 Å². The monoisotopic (exact) mass is 407 g/mol. The van der Waals surface area contributed by atoms with E-state index in [1.165, 1.54) is 0 Å². The standard InChI is InChI=1S/C23H25N3O4/c1-16-6-4-7-17(12-16)30-15-22(27)26(13-18-8-5-11-29-18)14-21-24-20-10-3-2-9-19(20)23(28)25-21/h2-4,6-7,9-10,12,18H,5,8,11,13-15H2,1H3,(H,24,25,28)/t18-/m0/s1. The second-order valence-corrected chi connectivity index (χ2v) is 7.54. The number of aryl methyl sites for hydroxylation is 1. The number of carbonyl (C=O) groups is 1. The number of hydrogen-bond donors (Lipinski definition) is 1. The summed E-state index contributed by atoms with van der Waals surface area (Å²) in [7, 11) is 0. The van der Waals surface area contributed by atoms with Crippen LogP contribution in [-0.4, -0.2) is 46.6 Å². The minimum absolute atomic E-state index is 0.0138. The number of aromatic amines is 1. The van der Waals surface area contributed by atoms with Gasteiger partial charge in [-0.15, -0.1) is 0 Å². The summed E-state index contributed by atoms with van der Waals surface area (Å²) in [5.41, 5.74) is 1.46. The number of amides is 1. The topological polar surface area (TPSA) is 84.5 Å². The van der Waals surface area contributed by atoms with Gasteiger partial charge in [-0.2, -0.15) is 0 Å². The van der Waals surface area contributed by atoms with Crippen molar-refractivity contribution in [3.8, 4) is 5.75 Å². The minimum atomic E-state index is -0.212. The number of ether oxygens (including phenoxy) is 2. The molecule has 0 unspecified atom stereocenters. The van der Waals surface area contributed by atoms with Crippen LogP contribution >= 0.6 is 0 Å². The average Bonchev–Trinajstić information content (AvgIpc) is 3.25. The molecule has 4 rings (SSSR count). The molecule has 7 nitrogen and oxygen atoms in total. The predicted octanol–water partition coefficient (Wildman–Crippen LogP) is 2.82. The number of para-hydroxylation sites is 1. The van der Waals surface area contributed by atoms with Gasteiger partial charge in [-0.3, -0.25) is 9.59 Å². The highest BCUT2D eigenvalue weighted by molar-refractivity contribution is 5.78. The maximum Gasteiger partial charge on any atom is 0.261 e. The first kappa shape index (κ1) is 20.1. The summed E-state index contributed by atoms with van der Waals surface area (Å²) in [6.45, 7) is 3.22. The van der Waals surface area contributed by atoms with Gasteiger partial charge < -0.3 is 19.4 Å². The van der Waals surface area contributed by atoms with Gasteiger partial charge in [0.15, 0.2) is 6.61 Å². The molecule has 1 amide bonds. The van der Waals surface area contributed by atoms with Gasteiger partial charge >= 0.3 is 0 Å². The third kappa shape index (κ3) is 4.86. The SMILES string of the molecule is Cc1cccc(OCC(=O)N(Cc2nc3ccccc3c(=O)[nH]2)C[C@@H]2CCCO2)c1. The van der Waals surface area contributed by atoms with Crippen LogP contribution in [0.15, 0.2) is 53.3 Å². The number of fused-ring (bicyclic) bond motifs is 1. The lowest BCUT2D eigenvalue weighted by Crippen LogP contribution is -2.40. The Hall–Kier alpha value is -3.19. The van der Waals surface area contributed by atoms with Crippen LogP contribution in [0.5, 0.6) is 5.75 Å². The lowest BCUT2D eigenvalue weighted by Gasteiger charge is -2.25. The van der Waals surface area contributed by atoms with E-state index in [0.717, 1.165) is 18.4 Å². The van der Waals surface area contributed by atoms with Crippen LogP contribution in [0, 0.1) is 6.92 Å². The van der Waals surface area contributed by atoms with Crippen molar-refractivity contribution in [2.24, 2.45) is 0 Å². The molecule has 3 aromatic rings. The molecule has 1 N–H and O–H groups in total. The molecule has 2 heterocycles. The number of H-pyrrole nitrogens is 1. The number of nitrogens with zero attached hydrogens (tertiary/aromatic N) is 2. The number of hydrogen-bond acceptors (Lipinski definition) is 5. The molecular weight excluding hydrogens is 382 g/mol. The summed E-state index contributed by atoms with van der Waals surface area (Å²) >= 11 is 0. The lowest BCUT2D eigenvalue weighted by molar-refractivity contribution is -0.135. The first-order chi connectivity index (χ1) is 14.6. The van der Waals surface area contributed by atoms with Crippen LogP contribution in [0.4, 0.5) is 0 Å². The largest absolute Gasteiger partial charge is 0.484 e. The van der Waals surface area contributed by atoms with E-state index >= 15 is 0 Å². The zero-order valence-electron chi connectivity index (χ0n) is 17.0. The van der Waals surface area contributed by atoms with Crippen molar-refractivity contribution in [2.45, 2.75) is 32.4 Å². The smallest absolute Gasteiger partial charge is 0.261 e. The Morgan fingerprint density at radius 1 is 1.27 bits per heavy atom. The fourth-order valence-electron chi connectivity index (χ4n) is 3.62. The molecule has 7 heteroatoms. The van der Waals surface area contributed by atoms with E-state index in [2.05, 4.69) is 9.97 Å². The molecule has 1 aliphatic rings. The summed E-state index contributed by atoms with van der Waals surface area (Å²) in [6, 6.07) is 14.7. The second-order valence-electron chi connectivity index (χ2n) is 7.54. The fourth-order valence-corrected chi connectivity index (χ4v) is 3.62. The third-order valence-corrected chi connectivity index (χ3v) is 5.16. The van der Waals surface area contributed by atoms with Crippen molar-refractivity contribution in [1.82, 2.24) is 14.9 Å². The number of rotatable bonds is 7. The number of carbonyl (C=O) groups excluding carboxylic acids is 1. The highest BCUT2D eigenvalue weighted by atomic mass is 16.5. The molecular formula is C23H25N3O4. The van der Waals surface area contributed by atoms with Crippen LogP contribution in [0.2, 0.25) is 0 Å². The Morgan fingerprint density at radius 3 is 2.93 bits per heavy atom.